The molecule has 2 aromatic heterocycles. The van der Waals surface area contributed by atoms with E-state index in [2.05, 4.69) is 14.9 Å². The summed E-state index contributed by atoms with van der Waals surface area (Å²) in [7, 11) is -3.94. The molecule has 6 nitrogen and oxygen atoms in total. The Morgan fingerprint density at radius 3 is 2.79 bits per heavy atom. The molecule has 126 valence electrons. The van der Waals surface area contributed by atoms with E-state index in [4.69, 9.17) is 16.0 Å². The van der Waals surface area contributed by atoms with Crippen LogP contribution in [0, 0.1) is 5.82 Å². The van der Waals surface area contributed by atoms with E-state index >= 15 is 0 Å². The number of rotatable bonds is 5. The second-order valence-corrected chi connectivity index (χ2v) is 8.00. The van der Waals surface area contributed by atoms with Crippen LogP contribution in [0.1, 0.15) is 12.8 Å². The van der Waals surface area contributed by atoms with Crippen molar-refractivity contribution in [1.82, 2.24) is 10.2 Å². The van der Waals surface area contributed by atoms with E-state index in [0.717, 1.165) is 17.4 Å². The summed E-state index contributed by atoms with van der Waals surface area (Å²) in [6, 6.07) is 5.08. The van der Waals surface area contributed by atoms with Gasteiger partial charge in [-0.2, -0.15) is 0 Å². The summed E-state index contributed by atoms with van der Waals surface area (Å²) in [6.45, 7) is 1.87. The minimum Gasteiger partial charge on any atom is -0.421 e. The second-order valence-electron chi connectivity index (χ2n) is 4.74. The number of aromatic nitrogens is 2. The standard InChI is InChI=1S/C14H11ClFN3O3S2/c1-2-12-17-18-14(22-12)8-5-13(23-7-8)24(20,21)19-11-4-3-9(15)6-10(11)16/h3-7,19H,2H2,1H3. The van der Waals surface area contributed by atoms with Gasteiger partial charge in [0.25, 0.3) is 10.0 Å². The van der Waals surface area contributed by atoms with Crippen LogP contribution in [0.2, 0.25) is 5.02 Å². The summed E-state index contributed by atoms with van der Waals surface area (Å²) in [4.78, 5) is 0. The van der Waals surface area contributed by atoms with Crippen LogP contribution in [0.4, 0.5) is 10.1 Å². The predicted molar refractivity (Wildman–Crippen MR) is 89.2 cm³/mol. The first-order chi connectivity index (χ1) is 11.4. The van der Waals surface area contributed by atoms with Crippen molar-refractivity contribution in [2.75, 3.05) is 4.72 Å². The fourth-order valence-corrected chi connectivity index (χ4v) is 4.23. The molecule has 0 aliphatic carbocycles. The van der Waals surface area contributed by atoms with E-state index in [1.54, 1.807) is 5.38 Å². The molecule has 0 saturated heterocycles. The SMILES string of the molecule is CCc1nnc(-c2csc(S(=O)(=O)Nc3ccc(Cl)cc3F)c2)o1. The highest BCUT2D eigenvalue weighted by atomic mass is 35.5. The molecule has 0 radical (unpaired) electrons. The van der Waals surface area contributed by atoms with Gasteiger partial charge in [0.1, 0.15) is 10.0 Å². The normalized spacial score (nSPS) is 11.6. The smallest absolute Gasteiger partial charge is 0.271 e. The molecule has 0 aliphatic heterocycles. The van der Waals surface area contributed by atoms with Crippen molar-refractivity contribution in [3.05, 3.63) is 46.4 Å². The first kappa shape index (κ1) is 16.9. The van der Waals surface area contributed by atoms with E-state index in [1.165, 1.54) is 18.2 Å². The summed E-state index contributed by atoms with van der Waals surface area (Å²) in [6.07, 6.45) is 0.583. The summed E-state index contributed by atoms with van der Waals surface area (Å²) < 4.78 is 46.1. The maximum atomic E-state index is 13.8. The molecule has 0 fully saturated rings. The second kappa shape index (κ2) is 6.50. The lowest BCUT2D eigenvalue weighted by molar-refractivity contribution is 0.513. The van der Waals surface area contributed by atoms with Gasteiger partial charge in [0.05, 0.1) is 11.3 Å². The van der Waals surface area contributed by atoms with Crippen molar-refractivity contribution in [3.63, 3.8) is 0 Å². The van der Waals surface area contributed by atoms with Crippen LogP contribution < -0.4 is 4.72 Å². The van der Waals surface area contributed by atoms with Crippen molar-refractivity contribution in [1.29, 1.82) is 0 Å². The molecule has 2 heterocycles. The van der Waals surface area contributed by atoms with E-state index in [0.29, 0.717) is 17.9 Å². The number of aryl methyl sites for hydroxylation is 1. The molecule has 0 amide bonds. The molecule has 0 unspecified atom stereocenters. The molecule has 24 heavy (non-hydrogen) atoms. The van der Waals surface area contributed by atoms with Crippen LogP contribution in [-0.4, -0.2) is 18.6 Å². The molecular weight excluding hydrogens is 377 g/mol. The first-order valence-electron chi connectivity index (χ1n) is 6.78. The van der Waals surface area contributed by atoms with Gasteiger partial charge in [0, 0.05) is 16.8 Å². The van der Waals surface area contributed by atoms with Crippen LogP contribution in [0.5, 0.6) is 0 Å². The number of thiophene rings is 1. The summed E-state index contributed by atoms with van der Waals surface area (Å²) in [5, 5.41) is 9.45. The number of sulfonamides is 1. The van der Waals surface area contributed by atoms with E-state index in [1.807, 2.05) is 6.92 Å². The van der Waals surface area contributed by atoms with Gasteiger partial charge in [-0.05, 0) is 24.3 Å². The maximum Gasteiger partial charge on any atom is 0.271 e. The molecule has 1 aromatic carbocycles. The van der Waals surface area contributed by atoms with Crippen LogP contribution in [0.3, 0.4) is 0 Å². The van der Waals surface area contributed by atoms with Gasteiger partial charge in [-0.3, -0.25) is 4.72 Å². The average molecular weight is 388 g/mol. The van der Waals surface area contributed by atoms with Crippen molar-refractivity contribution < 1.29 is 17.2 Å². The Bertz CT molecular complexity index is 985. The zero-order valence-electron chi connectivity index (χ0n) is 12.3. The average Bonchev–Trinajstić information content (AvgIpc) is 3.18. The van der Waals surface area contributed by atoms with Gasteiger partial charge in [0.15, 0.2) is 0 Å². The van der Waals surface area contributed by atoms with E-state index in [9.17, 15) is 12.8 Å². The lowest BCUT2D eigenvalue weighted by Crippen LogP contribution is -2.12. The molecule has 0 bridgehead atoms. The first-order valence-corrected chi connectivity index (χ1v) is 9.52. The third kappa shape index (κ3) is 3.42. The fourth-order valence-electron chi connectivity index (χ4n) is 1.85. The third-order valence-corrected chi connectivity index (χ3v) is 6.07. The van der Waals surface area contributed by atoms with Crippen molar-refractivity contribution in [2.24, 2.45) is 0 Å². The molecule has 10 heteroatoms. The van der Waals surface area contributed by atoms with Crippen molar-refractivity contribution >= 4 is 38.6 Å². The van der Waals surface area contributed by atoms with Gasteiger partial charge in [-0.15, -0.1) is 21.5 Å². The third-order valence-electron chi connectivity index (χ3n) is 3.03. The van der Waals surface area contributed by atoms with Crippen LogP contribution in [0.25, 0.3) is 11.5 Å². The van der Waals surface area contributed by atoms with Crippen LogP contribution in [0.15, 0.2) is 38.3 Å². The number of benzene rings is 1. The Kier molecular flexibility index (Phi) is 4.57. The van der Waals surface area contributed by atoms with Gasteiger partial charge in [0.2, 0.25) is 11.8 Å². The minimum absolute atomic E-state index is 0.00287. The minimum atomic E-state index is -3.94. The number of halogens is 2. The Morgan fingerprint density at radius 2 is 2.12 bits per heavy atom. The molecule has 0 aliphatic rings. The summed E-state index contributed by atoms with van der Waals surface area (Å²) >= 11 is 6.62. The monoisotopic (exact) mass is 387 g/mol. The Hall–Kier alpha value is -1.97. The number of anilines is 1. The quantitative estimate of drug-likeness (QED) is 0.716. The van der Waals surface area contributed by atoms with E-state index < -0.39 is 15.8 Å². The number of hydrogen-bond donors (Lipinski definition) is 1. The predicted octanol–water partition coefficient (Wildman–Crippen LogP) is 3.95. The topological polar surface area (TPSA) is 85.1 Å². The molecule has 3 aromatic rings. The highest BCUT2D eigenvalue weighted by Gasteiger charge is 2.20. The van der Waals surface area contributed by atoms with Gasteiger partial charge in [-0.1, -0.05) is 18.5 Å². The highest BCUT2D eigenvalue weighted by molar-refractivity contribution is 7.94. The Balaban J connectivity index is 1.87. The molecule has 0 atom stereocenters. The number of hydrogen-bond acceptors (Lipinski definition) is 6. The molecule has 0 spiro atoms. The number of nitrogens with one attached hydrogen (secondary N) is 1. The molecular formula is C14H11ClFN3O3S2. The van der Waals surface area contributed by atoms with Crippen molar-refractivity contribution in [2.45, 2.75) is 17.6 Å². The summed E-state index contributed by atoms with van der Waals surface area (Å²) in [5.41, 5.74) is 0.310. The van der Waals surface area contributed by atoms with Crippen LogP contribution >= 0.6 is 22.9 Å². The van der Waals surface area contributed by atoms with Gasteiger partial charge >= 0.3 is 0 Å². The van der Waals surface area contributed by atoms with E-state index in [-0.39, 0.29) is 20.8 Å². The molecule has 1 N–H and O–H groups in total. The number of nitrogens with zero attached hydrogens (tertiary/aromatic N) is 2. The van der Waals surface area contributed by atoms with Gasteiger partial charge in [-0.25, -0.2) is 12.8 Å². The van der Waals surface area contributed by atoms with Crippen molar-refractivity contribution in [3.8, 4) is 11.5 Å². The maximum absolute atomic E-state index is 13.8. The highest BCUT2D eigenvalue weighted by Crippen LogP contribution is 2.30. The lowest BCUT2D eigenvalue weighted by Gasteiger charge is -2.07. The lowest BCUT2D eigenvalue weighted by atomic mass is 10.3. The van der Waals surface area contributed by atoms with Gasteiger partial charge < -0.3 is 4.42 Å². The Labute approximate surface area is 146 Å². The van der Waals surface area contributed by atoms with Crippen LogP contribution in [-0.2, 0) is 16.4 Å². The zero-order valence-corrected chi connectivity index (χ0v) is 14.7. The largest absolute Gasteiger partial charge is 0.421 e. The molecule has 0 saturated carbocycles. The summed E-state index contributed by atoms with van der Waals surface area (Å²) in [5.74, 6) is -0.0588. The Morgan fingerprint density at radius 1 is 1.33 bits per heavy atom. The fraction of sp³-hybridized carbons (Fsp3) is 0.143. The zero-order chi connectivity index (χ0) is 17.3. The molecule has 3 rings (SSSR count).